The van der Waals surface area contributed by atoms with Crippen LogP contribution in [0.4, 0.5) is 0 Å². The van der Waals surface area contributed by atoms with Gasteiger partial charge in [-0.15, -0.1) is 0 Å². The van der Waals surface area contributed by atoms with E-state index in [1.54, 1.807) is 18.2 Å². The zero-order valence-electron chi connectivity index (χ0n) is 17.5. The molecule has 0 unspecified atom stereocenters. The van der Waals surface area contributed by atoms with Gasteiger partial charge in [-0.25, -0.2) is 8.42 Å². The Morgan fingerprint density at radius 2 is 1.69 bits per heavy atom. The van der Waals surface area contributed by atoms with Crippen molar-refractivity contribution in [1.29, 1.82) is 0 Å². The van der Waals surface area contributed by atoms with Crippen LogP contribution in [0.5, 0.6) is 0 Å². The number of benzene rings is 1. The minimum absolute atomic E-state index is 0.194. The third-order valence-corrected chi connectivity index (χ3v) is 7.73. The Bertz CT molecular complexity index is 768. The number of likely N-dealkylation sites (tertiary alicyclic amines) is 1. The zero-order valence-corrected chi connectivity index (χ0v) is 18.3. The number of likely N-dealkylation sites (N-methyl/N-ethyl adjacent to an activating group) is 1. The largest absolute Gasteiger partial charge is 0.352 e. The number of piperazine rings is 1. The highest BCUT2D eigenvalue weighted by Crippen LogP contribution is 2.18. The Morgan fingerprint density at radius 3 is 2.38 bits per heavy atom. The number of rotatable bonds is 7. The highest BCUT2D eigenvalue weighted by molar-refractivity contribution is 7.89. The highest BCUT2D eigenvalue weighted by atomic mass is 32.2. The first-order chi connectivity index (χ1) is 14.0. The van der Waals surface area contributed by atoms with Crippen molar-refractivity contribution >= 4 is 15.9 Å². The van der Waals surface area contributed by atoms with Crippen LogP contribution < -0.4 is 5.32 Å². The summed E-state index contributed by atoms with van der Waals surface area (Å²) in [4.78, 5) is 17.3. The molecule has 0 aromatic heterocycles. The summed E-state index contributed by atoms with van der Waals surface area (Å²) in [7, 11) is -1.58. The smallest absolute Gasteiger partial charge is 0.251 e. The van der Waals surface area contributed by atoms with Crippen LogP contribution in [0.15, 0.2) is 29.2 Å². The van der Waals surface area contributed by atoms with Gasteiger partial charge in [0.15, 0.2) is 0 Å². The van der Waals surface area contributed by atoms with Crippen LogP contribution in [0.1, 0.15) is 42.5 Å². The van der Waals surface area contributed by atoms with E-state index in [9.17, 15) is 13.2 Å². The summed E-state index contributed by atoms with van der Waals surface area (Å²) in [6, 6.07) is 6.39. The zero-order chi connectivity index (χ0) is 20.7. The monoisotopic (exact) mass is 422 g/mol. The van der Waals surface area contributed by atoms with Crippen LogP contribution in [0.2, 0.25) is 0 Å². The average Bonchev–Trinajstić information content (AvgIpc) is 3.00. The number of nitrogens with zero attached hydrogens (tertiary/aromatic N) is 3. The Kier molecular flexibility index (Phi) is 8.06. The minimum Gasteiger partial charge on any atom is -0.352 e. The summed E-state index contributed by atoms with van der Waals surface area (Å²) in [6.07, 6.45) is 6.08. The molecule has 2 fully saturated rings. The summed E-state index contributed by atoms with van der Waals surface area (Å²) in [5.41, 5.74) is 0.398. The van der Waals surface area contributed by atoms with Crippen molar-refractivity contribution in [3.63, 3.8) is 0 Å². The number of hydrogen-bond acceptors (Lipinski definition) is 5. The number of carbonyl (C=O) groups excluding carboxylic acids is 1. The first-order valence-electron chi connectivity index (χ1n) is 10.8. The molecule has 7 nitrogen and oxygen atoms in total. The molecule has 162 valence electrons. The molecule has 0 aliphatic carbocycles. The van der Waals surface area contributed by atoms with E-state index in [-0.39, 0.29) is 10.8 Å². The van der Waals surface area contributed by atoms with Crippen LogP contribution in [0.3, 0.4) is 0 Å². The molecule has 2 saturated heterocycles. The standard InChI is InChI=1S/C21H34N4O3S/c1-23-14-16-25(17-15-23)29(27,28)20-9-6-8-19(18-20)21(26)22-10-7-13-24-11-4-2-3-5-12-24/h6,8-9,18H,2-5,7,10-17H2,1H3,(H,22,26). The molecule has 0 bridgehead atoms. The fourth-order valence-corrected chi connectivity index (χ4v) is 5.41. The van der Waals surface area contributed by atoms with E-state index >= 15 is 0 Å². The third-order valence-electron chi connectivity index (χ3n) is 5.83. The van der Waals surface area contributed by atoms with Gasteiger partial charge in [0.1, 0.15) is 0 Å². The second kappa shape index (κ2) is 10.5. The Balaban J connectivity index is 1.52. The van der Waals surface area contributed by atoms with Crippen molar-refractivity contribution in [2.45, 2.75) is 37.0 Å². The van der Waals surface area contributed by atoms with Gasteiger partial charge in [0.05, 0.1) is 4.90 Å². The molecule has 1 N–H and O–H groups in total. The van der Waals surface area contributed by atoms with Gasteiger partial charge in [0.25, 0.3) is 5.91 Å². The fraction of sp³-hybridized carbons (Fsp3) is 0.667. The molecule has 1 aromatic carbocycles. The summed E-state index contributed by atoms with van der Waals surface area (Å²) < 4.78 is 27.3. The van der Waals surface area contributed by atoms with E-state index in [1.165, 1.54) is 36.1 Å². The molecule has 0 spiro atoms. The third kappa shape index (κ3) is 6.25. The minimum atomic E-state index is -3.56. The molecule has 0 radical (unpaired) electrons. The van der Waals surface area contributed by atoms with Gasteiger partial charge in [-0.3, -0.25) is 4.79 Å². The Labute approximate surface area is 175 Å². The van der Waals surface area contributed by atoms with Crippen molar-refractivity contribution in [2.24, 2.45) is 0 Å². The van der Waals surface area contributed by atoms with Crippen LogP contribution in [0.25, 0.3) is 0 Å². The van der Waals surface area contributed by atoms with Crippen molar-refractivity contribution in [1.82, 2.24) is 19.4 Å². The Hall–Kier alpha value is -1.48. The first kappa shape index (κ1) is 22.2. The van der Waals surface area contributed by atoms with Gasteiger partial charge in [-0.1, -0.05) is 18.9 Å². The topological polar surface area (TPSA) is 73.0 Å². The normalized spacial score (nSPS) is 20.3. The van der Waals surface area contributed by atoms with E-state index in [0.717, 1.165) is 39.1 Å². The summed E-state index contributed by atoms with van der Waals surface area (Å²) in [6.45, 7) is 6.30. The lowest BCUT2D eigenvalue weighted by molar-refractivity contribution is 0.0951. The molecule has 29 heavy (non-hydrogen) atoms. The van der Waals surface area contributed by atoms with Crippen molar-refractivity contribution in [3.05, 3.63) is 29.8 Å². The van der Waals surface area contributed by atoms with Gasteiger partial charge in [0, 0.05) is 38.3 Å². The molecule has 2 heterocycles. The molecular formula is C21H34N4O3S. The second-order valence-corrected chi connectivity index (χ2v) is 10.0. The van der Waals surface area contributed by atoms with Crippen molar-refractivity contribution in [2.75, 3.05) is 59.4 Å². The average molecular weight is 423 g/mol. The van der Waals surface area contributed by atoms with Crippen LogP contribution in [-0.4, -0.2) is 87.8 Å². The van der Waals surface area contributed by atoms with Crippen LogP contribution in [0, 0.1) is 0 Å². The van der Waals surface area contributed by atoms with Gasteiger partial charge >= 0.3 is 0 Å². The lowest BCUT2D eigenvalue weighted by Gasteiger charge is -2.31. The lowest BCUT2D eigenvalue weighted by Crippen LogP contribution is -2.47. The van der Waals surface area contributed by atoms with E-state index in [1.807, 2.05) is 7.05 Å². The first-order valence-corrected chi connectivity index (χ1v) is 12.2. The van der Waals surface area contributed by atoms with E-state index < -0.39 is 10.0 Å². The molecule has 0 atom stereocenters. The maximum atomic E-state index is 12.9. The van der Waals surface area contributed by atoms with Crippen molar-refractivity contribution < 1.29 is 13.2 Å². The van der Waals surface area contributed by atoms with Crippen LogP contribution >= 0.6 is 0 Å². The molecule has 0 saturated carbocycles. The van der Waals surface area contributed by atoms with E-state index in [4.69, 9.17) is 0 Å². The number of sulfonamides is 1. The highest BCUT2D eigenvalue weighted by Gasteiger charge is 2.27. The predicted octanol–water partition coefficient (Wildman–Crippen LogP) is 1.62. The number of carbonyl (C=O) groups is 1. The molecule has 1 aromatic rings. The van der Waals surface area contributed by atoms with Gasteiger partial charge < -0.3 is 15.1 Å². The number of nitrogens with one attached hydrogen (secondary N) is 1. The Morgan fingerprint density at radius 1 is 1.00 bits per heavy atom. The maximum absolute atomic E-state index is 12.9. The fourth-order valence-electron chi connectivity index (χ4n) is 3.94. The quantitative estimate of drug-likeness (QED) is 0.676. The summed E-state index contributed by atoms with van der Waals surface area (Å²) >= 11 is 0. The number of hydrogen-bond donors (Lipinski definition) is 1. The van der Waals surface area contributed by atoms with Gasteiger partial charge in [-0.2, -0.15) is 4.31 Å². The molecular weight excluding hydrogens is 388 g/mol. The van der Waals surface area contributed by atoms with Crippen LogP contribution in [-0.2, 0) is 10.0 Å². The summed E-state index contributed by atoms with van der Waals surface area (Å²) in [5.74, 6) is -0.212. The molecule has 8 heteroatoms. The van der Waals surface area contributed by atoms with Gasteiger partial charge in [0.2, 0.25) is 10.0 Å². The van der Waals surface area contributed by atoms with Gasteiger partial charge in [-0.05, 0) is 64.1 Å². The summed E-state index contributed by atoms with van der Waals surface area (Å²) in [5, 5.41) is 2.94. The lowest BCUT2D eigenvalue weighted by atomic mass is 10.2. The predicted molar refractivity (Wildman–Crippen MR) is 115 cm³/mol. The SMILES string of the molecule is CN1CCN(S(=O)(=O)c2cccc(C(=O)NCCCN3CCCCCC3)c2)CC1. The molecule has 2 aliphatic heterocycles. The second-order valence-electron chi connectivity index (χ2n) is 8.10. The van der Waals surface area contributed by atoms with Crippen molar-refractivity contribution in [3.8, 4) is 0 Å². The molecule has 2 aliphatic rings. The van der Waals surface area contributed by atoms with E-state index in [0.29, 0.717) is 25.2 Å². The molecule has 3 rings (SSSR count). The maximum Gasteiger partial charge on any atom is 0.251 e. The van der Waals surface area contributed by atoms with E-state index in [2.05, 4.69) is 15.1 Å². The molecule has 1 amide bonds. The number of amides is 1.